The molecule has 1 atom stereocenters. The molecule has 2 rings (SSSR count). The summed E-state index contributed by atoms with van der Waals surface area (Å²) in [5, 5.41) is 7.38. The molecule has 0 bridgehead atoms. The van der Waals surface area contributed by atoms with E-state index in [9.17, 15) is 4.79 Å². The predicted molar refractivity (Wildman–Crippen MR) is 108 cm³/mol. The molecular weight excluding hydrogens is 362 g/mol. The normalized spacial score (nSPS) is 12.6. The molecule has 0 spiro atoms. The van der Waals surface area contributed by atoms with Gasteiger partial charge in [0.1, 0.15) is 9.88 Å². The molecule has 0 aliphatic carbocycles. The highest BCUT2D eigenvalue weighted by molar-refractivity contribution is 7.13. The van der Waals surface area contributed by atoms with Crippen molar-refractivity contribution in [3.05, 3.63) is 45.2 Å². The predicted octanol–water partition coefficient (Wildman–Crippen LogP) is 3.15. The molecular formula is C19H27N5O2S. The van der Waals surface area contributed by atoms with E-state index < -0.39 is 0 Å². The summed E-state index contributed by atoms with van der Waals surface area (Å²) in [7, 11) is 0. The summed E-state index contributed by atoms with van der Waals surface area (Å²) in [5.74, 6) is 0.357. The van der Waals surface area contributed by atoms with Gasteiger partial charge in [0.2, 0.25) is 0 Å². The van der Waals surface area contributed by atoms with E-state index in [4.69, 9.17) is 4.74 Å². The Morgan fingerprint density at radius 3 is 2.74 bits per heavy atom. The SMILES string of the molecule is CCNC(=NCc1cccc(C)n1)NC(C)c1nc(C)c(C(=O)OCC)s1. The van der Waals surface area contributed by atoms with Gasteiger partial charge in [-0.25, -0.2) is 14.8 Å². The number of aliphatic imine (C=N–C) groups is 1. The number of hydrogen-bond acceptors (Lipinski definition) is 6. The van der Waals surface area contributed by atoms with Crippen molar-refractivity contribution in [2.75, 3.05) is 13.2 Å². The fraction of sp³-hybridized carbons (Fsp3) is 0.474. The topological polar surface area (TPSA) is 88.5 Å². The Kier molecular flexibility index (Phi) is 7.72. The number of aromatic nitrogens is 2. The van der Waals surface area contributed by atoms with Crippen molar-refractivity contribution in [1.29, 1.82) is 0 Å². The summed E-state index contributed by atoms with van der Waals surface area (Å²) < 4.78 is 5.09. The molecule has 2 aromatic rings. The van der Waals surface area contributed by atoms with Gasteiger partial charge in [0.15, 0.2) is 5.96 Å². The maximum Gasteiger partial charge on any atom is 0.350 e. The van der Waals surface area contributed by atoms with Gasteiger partial charge in [-0.05, 0) is 46.8 Å². The number of pyridine rings is 1. The molecule has 1 unspecified atom stereocenters. The lowest BCUT2D eigenvalue weighted by Crippen LogP contribution is -2.38. The molecule has 0 saturated heterocycles. The largest absolute Gasteiger partial charge is 0.462 e. The Labute approximate surface area is 164 Å². The molecule has 0 fully saturated rings. The highest BCUT2D eigenvalue weighted by Gasteiger charge is 2.20. The van der Waals surface area contributed by atoms with Gasteiger partial charge in [-0.3, -0.25) is 4.98 Å². The Morgan fingerprint density at radius 1 is 1.30 bits per heavy atom. The van der Waals surface area contributed by atoms with E-state index in [1.54, 1.807) is 6.92 Å². The van der Waals surface area contributed by atoms with E-state index in [1.165, 1.54) is 11.3 Å². The quantitative estimate of drug-likeness (QED) is 0.430. The Bertz CT molecular complexity index is 803. The maximum absolute atomic E-state index is 12.0. The average Bonchev–Trinajstić information content (AvgIpc) is 3.02. The van der Waals surface area contributed by atoms with Crippen LogP contribution in [0.25, 0.3) is 0 Å². The lowest BCUT2D eigenvalue weighted by Gasteiger charge is -2.16. The Morgan fingerprint density at radius 2 is 2.07 bits per heavy atom. The van der Waals surface area contributed by atoms with Gasteiger partial charge in [0.05, 0.1) is 30.6 Å². The standard InChI is InChI=1S/C19H27N5O2S/c1-6-20-19(21-11-15-10-8-9-12(3)22-15)24-14(5)17-23-13(4)16(27-17)18(25)26-7-2/h8-10,14H,6-7,11H2,1-5H3,(H2,20,21,24). The number of esters is 1. The number of guanidine groups is 1. The van der Waals surface area contributed by atoms with Gasteiger partial charge in [-0.1, -0.05) is 6.07 Å². The van der Waals surface area contributed by atoms with Crippen LogP contribution in [0.15, 0.2) is 23.2 Å². The summed E-state index contributed by atoms with van der Waals surface area (Å²) in [5.41, 5.74) is 2.57. The molecule has 2 heterocycles. The van der Waals surface area contributed by atoms with Crippen LogP contribution in [-0.4, -0.2) is 35.0 Å². The second-order valence-corrected chi connectivity index (χ2v) is 7.05. The maximum atomic E-state index is 12.0. The smallest absolute Gasteiger partial charge is 0.350 e. The van der Waals surface area contributed by atoms with E-state index in [2.05, 4.69) is 25.6 Å². The number of ether oxygens (including phenoxy) is 1. The molecule has 0 radical (unpaired) electrons. The van der Waals surface area contributed by atoms with Crippen LogP contribution in [0.5, 0.6) is 0 Å². The molecule has 0 aromatic carbocycles. The van der Waals surface area contributed by atoms with Crippen LogP contribution in [0.3, 0.4) is 0 Å². The fourth-order valence-electron chi connectivity index (χ4n) is 2.42. The average molecular weight is 390 g/mol. The summed E-state index contributed by atoms with van der Waals surface area (Å²) >= 11 is 1.35. The number of nitrogens with one attached hydrogen (secondary N) is 2. The molecule has 27 heavy (non-hydrogen) atoms. The number of aryl methyl sites for hydroxylation is 2. The van der Waals surface area contributed by atoms with Crippen molar-refractivity contribution in [1.82, 2.24) is 20.6 Å². The van der Waals surface area contributed by atoms with Gasteiger partial charge in [0.25, 0.3) is 0 Å². The van der Waals surface area contributed by atoms with E-state index in [1.807, 2.05) is 45.9 Å². The summed E-state index contributed by atoms with van der Waals surface area (Å²) in [4.78, 5) is 26.1. The first-order valence-corrected chi connectivity index (χ1v) is 9.88. The van der Waals surface area contributed by atoms with Crippen molar-refractivity contribution in [3.63, 3.8) is 0 Å². The lowest BCUT2D eigenvalue weighted by atomic mass is 10.3. The number of carbonyl (C=O) groups is 1. The van der Waals surface area contributed by atoms with Crippen molar-refractivity contribution < 1.29 is 9.53 Å². The summed E-state index contributed by atoms with van der Waals surface area (Å²) in [6.07, 6.45) is 0. The number of nitrogens with zero attached hydrogens (tertiary/aromatic N) is 3. The minimum atomic E-state index is -0.322. The van der Waals surface area contributed by atoms with Gasteiger partial charge < -0.3 is 15.4 Å². The highest BCUT2D eigenvalue weighted by Crippen LogP contribution is 2.24. The molecule has 2 N–H and O–H groups in total. The highest BCUT2D eigenvalue weighted by atomic mass is 32.1. The van der Waals surface area contributed by atoms with Gasteiger partial charge in [-0.15, -0.1) is 11.3 Å². The van der Waals surface area contributed by atoms with E-state index in [0.717, 1.165) is 22.9 Å². The van der Waals surface area contributed by atoms with E-state index in [-0.39, 0.29) is 12.0 Å². The van der Waals surface area contributed by atoms with Gasteiger partial charge >= 0.3 is 5.97 Å². The first-order chi connectivity index (χ1) is 12.9. The van der Waals surface area contributed by atoms with Crippen LogP contribution in [0.2, 0.25) is 0 Å². The monoisotopic (exact) mass is 389 g/mol. The van der Waals surface area contributed by atoms with Gasteiger partial charge in [0, 0.05) is 12.2 Å². The zero-order valence-electron chi connectivity index (χ0n) is 16.5. The number of rotatable bonds is 7. The lowest BCUT2D eigenvalue weighted by molar-refractivity contribution is 0.0531. The molecule has 2 aromatic heterocycles. The van der Waals surface area contributed by atoms with Crippen molar-refractivity contribution in [2.24, 2.45) is 4.99 Å². The molecule has 0 aliphatic rings. The first kappa shape index (κ1) is 20.8. The minimum Gasteiger partial charge on any atom is -0.462 e. The minimum absolute atomic E-state index is 0.0971. The zero-order chi connectivity index (χ0) is 19.8. The number of thiazole rings is 1. The van der Waals surface area contributed by atoms with Crippen molar-refractivity contribution in [2.45, 2.75) is 47.2 Å². The Balaban J connectivity index is 2.10. The number of hydrogen-bond donors (Lipinski definition) is 2. The third-order valence-electron chi connectivity index (χ3n) is 3.69. The molecule has 0 amide bonds. The van der Waals surface area contributed by atoms with Crippen LogP contribution >= 0.6 is 11.3 Å². The number of carbonyl (C=O) groups excluding carboxylic acids is 1. The van der Waals surface area contributed by atoms with Crippen LogP contribution in [0, 0.1) is 13.8 Å². The van der Waals surface area contributed by atoms with Crippen LogP contribution in [0.4, 0.5) is 0 Å². The van der Waals surface area contributed by atoms with Crippen LogP contribution in [0.1, 0.15) is 58.6 Å². The third-order valence-corrected chi connectivity index (χ3v) is 5.01. The summed E-state index contributed by atoms with van der Waals surface area (Å²) in [6.45, 7) is 11.2. The van der Waals surface area contributed by atoms with Crippen LogP contribution in [-0.2, 0) is 11.3 Å². The zero-order valence-corrected chi connectivity index (χ0v) is 17.3. The second-order valence-electron chi connectivity index (χ2n) is 6.02. The van der Waals surface area contributed by atoms with Crippen molar-refractivity contribution in [3.8, 4) is 0 Å². The molecule has 146 valence electrons. The molecule has 0 saturated carbocycles. The second kappa shape index (κ2) is 10.0. The Hall–Kier alpha value is -2.48. The van der Waals surface area contributed by atoms with Crippen LogP contribution < -0.4 is 10.6 Å². The summed E-state index contributed by atoms with van der Waals surface area (Å²) in [6, 6.07) is 5.80. The molecule has 0 aliphatic heterocycles. The van der Waals surface area contributed by atoms with E-state index >= 15 is 0 Å². The first-order valence-electron chi connectivity index (χ1n) is 9.06. The van der Waals surface area contributed by atoms with Gasteiger partial charge in [-0.2, -0.15) is 0 Å². The van der Waals surface area contributed by atoms with E-state index in [0.29, 0.717) is 29.7 Å². The van der Waals surface area contributed by atoms with Crippen molar-refractivity contribution >= 4 is 23.3 Å². The molecule has 7 nitrogen and oxygen atoms in total. The fourth-order valence-corrected chi connectivity index (χ4v) is 3.39. The third kappa shape index (κ3) is 6.02. The molecule has 8 heteroatoms.